The Labute approximate surface area is 72.4 Å². The number of nitrogens with zero attached hydrogens (tertiary/aromatic N) is 3. The van der Waals surface area contributed by atoms with Crippen LogP contribution in [0.2, 0.25) is 0 Å². The zero-order chi connectivity index (χ0) is 9.14. The number of nitrogens with one attached hydrogen (secondary N) is 1. The summed E-state index contributed by atoms with van der Waals surface area (Å²) in [6, 6.07) is 0.164. The number of hydrogen-bond acceptors (Lipinski definition) is 4. The van der Waals surface area contributed by atoms with E-state index < -0.39 is 0 Å². The molecule has 1 N–H and O–H groups in total. The Bertz CT molecular complexity index is 272. The van der Waals surface area contributed by atoms with Gasteiger partial charge in [0.25, 0.3) is 0 Å². The molecular formula is C8H14N4. The van der Waals surface area contributed by atoms with E-state index in [0.29, 0.717) is 0 Å². The molecular weight excluding hydrogens is 152 g/mol. The maximum absolute atomic E-state index is 4.31. The third-order valence-electron chi connectivity index (χ3n) is 1.93. The largest absolute Gasteiger partial charge is 0.311 e. The van der Waals surface area contributed by atoms with E-state index in [4.69, 9.17) is 0 Å². The molecule has 0 radical (unpaired) electrons. The molecule has 1 rings (SSSR count). The Kier molecular flexibility index (Phi) is 2.70. The minimum atomic E-state index is 0.164. The molecule has 0 aliphatic heterocycles. The predicted octanol–water partition coefficient (Wildman–Crippen LogP) is 0.769. The standard InChI is InChI=1S/C8H14N4/c1-5-6(2)11-12-8(10-5)7(3)9-4/h7,9H,1-4H3. The van der Waals surface area contributed by atoms with Crippen LogP contribution in [0.3, 0.4) is 0 Å². The van der Waals surface area contributed by atoms with Crippen LogP contribution in [-0.4, -0.2) is 22.2 Å². The van der Waals surface area contributed by atoms with E-state index in [2.05, 4.69) is 20.5 Å². The molecule has 0 saturated carbocycles. The summed E-state index contributed by atoms with van der Waals surface area (Å²) in [7, 11) is 1.88. The molecule has 0 amide bonds. The van der Waals surface area contributed by atoms with Crippen molar-refractivity contribution < 1.29 is 0 Å². The summed E-state index contributed by atoms with van der Waals surface area (Å²) in [5, 5.41) is 11.0. The Hall–Kier alpha value is -1.03. The van der Waals surface area contributed by atoms with Crippen molar-refractivity contribution in [3.8, 4) is 0 Å². The molecule has 0 aliphatic carbocycles. The SMILES string of the molecule is CNC(C)c1nnc(C)c(C)n1. The van der Waals surface area contributed by atoms with E-state index in [1.165, 1.54) is 0 Å². The molecule has 0 aromatic carbocycles. The molecule has 0 aliphatic rings. The smallest absolute Gasteiger partial charge is 0.167 e. The average molecular weight is 166 g/mol. The van der Waals surface area contributed by atoms with E-state index in [1.54, 1.807) is 0 Å². The van der Waals surface area contributed by atoms with Gasteiger partial charge < -0.3 is 5.32 Å². The minimum absolute atomic E-state index is 0.164. The van der Waals surface area contributed by atoms with Crippen LogP contribution in [-0.2, 0) is 0 Å². The maximum Gasteiger partial charge on any atom is 0.167 e. The Balaban J connectivity index is 2.96. The van der Waals surface area contributed by atoms with Crippen LogP contribution in [0.25, 0.3) is 0 Å². The summed E-state index contributed by atoms with van der Waals surface area (Å²) in [6.45, 7) is 5.85. The third kappa shape index (κ3) is 1.76. The van der Waals surface area contributed by atoms with E-state index in [-0.39, 0.29) is 6.04 Å². The molecule has 1 unspecified atom stereocenters. The molecule has 1 atom stereocenters. The molecule has 1 aromatic rings. The van der Waals surface area contributed by atoms with Gasteiger partial charge in [-0.25, -0.2) is 4.98 Å². The zero-order valence-electron chi connectivity index (χ0n) is 7.92. The monoisotopic (exact) mass is 166 g/mol. The highest BCUT2D eigenvalue weighted by Crippen LogP contribution is 2.05. The molecule has 12 heavy (non-hydrogen) atoms. The van der Waals surface area contributed by atoms with Crippen LogP contribution in [0.4, 0.5) is 0 Å². The first-order chi connectivity index (χ1) is 5.65. The average Bonchev–Trinajstić information content (AvgIpc) is 2.08. The fraction of sp³-hybridized carbons (Fsp3) is 0.625. The van der Waals surface area contributed by atoms with Crippen molar-refractivity contribution in [1.29, 1.82) is 0 Å². The van der Waals surface area contributed by atoms with Crippen molar-refractivity contribution in [1.82, 2.24) is 20.5 Å². The summed E-state index contributed by atoms with van der Waals surface area (Å²) >= 11 is 0. The van der Waals surface area contributed by atoms with Gasteiger partial charge in [-0.3, -0.25) is 0 Å². The van der Waals surface area contributed by atoms with Crippen LogP contribution in [0, 0.1) is 13.8 Å². The van der Waals surface area contributed by atoms with Crippen molar-refractivity contribution in [2.75, 3.05) is 7.05 Å². The van der Waals surface area contributed by atoms with Gasteiger partial charge in [0.05, 0.1) is 17.4 Å². The van der Waals surface area contributed by atoms with Gasteiger partial charge in [0, 0.05) is 0 Å². The molecule has 1 aromatic heterocycles. The summed E-state index contributed by atoms with van der Waals surface area (Å²) < 4.78 is 0. The topological polar surface area (TPSA) is 50.7 Å². The van der Waals surface area contributed by atoms with Gasteiger partial charge >= 0.3 is 0 Å². The zero-order valence-corrected chi connectivity index (χ0v) is 7.92. The summed E-state index contributed by atoms with van der Waals surface area (Å²) in [5.41, 5.74) is 1.84. The maximum atomic E-state index is 4.31. The highest BCUT2D eigenvalue weighted by Gasteiger charge is 2.07. The Morgan fingerprint density at radius 1 is 1.17 bits per heavy atom. The Morgan fingerprint density at radius 3 is 2.33 bits per heavy atom. The predicted molar refractivity (Wildman–Crippen MR) is 46.8 cm³/mol. The van der Waals surface area contributed by atoms with Crippen LogP contribution in [0.5, 0.6) is 0 Å². The number of hydrogen-bond donors (Lipinski definition) is 1. The molecule has 0 saturated heterocycles. The normalized spacial score (nSPS) is 13.0. The van der Waals surface area contributed by atoms with E-state index in [0.717, 1.165) is 17.2 Å². The van der Waals surface area contributed by atoms with Crippen molar-refractivity contribution in [2.24, 2.45) is 0 Å². The fourth-order valence-electron chi connectivity index (χ4n) is 0.786. The van der Waals surface area contributed by atoms with Gasteiger partial charge in [0.1, 0.15) is 0 Å². The van der Waals surface area contributed by atoms with Crippen LogP contribution >= 0.6 is 0 Å². The van der Waals surface area contributed by atoms with Crippen molar-refractivity contribution >= 4 is 0 Å². The van der Waals surface area contributed by atoms with Gasteiger partial charge in [-0.05, 0) is 27.8 Å². The molecule has 1 heterocycles. The highest BCUT2D eigenvalue weighted by atomic mass is 15.2. The van der Waals surface area contributed by atoms with Gasteiger partial charge in [0.2, 0.25) is 0 Å². The number of aryl methyl sites for hydroxylation is 2. The van der Waals surface area contributed by atoms with E-state index in [9.17, 15) is 0 Å². The first-order valence-electron chi connectivity index (χ1n) is 4.00. The van der Waals surface area contributed by atoms with Crippen LogP contribution in [0.1, 0.15) is 30.2 Å². The summed E-state index contributed by atoms with van der Waals surface area (Å²) in [4.78, 5) is 4.31. The molecule has 0 spiro atoms. The Morgan fingerprint density at radius 2 is 1.83 bits per heavy atom. The fourth-order valence-corrected chi connectivity index (χ4v) is 0.786. The van der Waals surface area contributed by atoms with E-state index in [1.807, 2.05) is 27.8 Å². The second-order valence-corrected chi connectivity index (χ2v) is 2.85. The number of aromatic nitrogens is 3. The first-order valence-corrected chi connectivity index (χ1v) is 4.00. The lowest BCUT2D eigenvalue weighted by Gasteiger charge is -2.08. The summed E-state index contributed by atoms with van der Waals surface area (Å²) in [5.74, 6) is 0.751. The second-order valence-electron chi connectivity index (χ2n) is 2.85. The third-order valence-corrected chi connectivity index (χ3v) is 1.93. The van der Waals surface area contributed by atoms with Crippen molar-refractivity contribution in [3.63, 3.8) is 0 Å². The van der Waals surface area contributed by atoms with Gasteiger partial charge in [0.15, 0.2) is 5.82 Å². The molecule has 4 nitrogen and oxygen atoms in total. The van der Waals surface area contributed by atoms with Gasteiger partial charge in [-0.15, -0.1) is 5.10 Å². The molecule has 4 heteroatoms. The lowest BCUT2D eigenvalue weighted by Crippen LogP contribution is -2.17. The second kappa shape index (κ2) is 3.58. The summed E-state index contributed by atoms with van der Waals surface area (Å²) in [6.07, 6.45) is 0. The van der Waals surface area contributed by atoms with E-state index >= 15 is 0 Å². The van der Waals surface area contributed by atoms with Gasteiger partial charge in [-0.2, -0.15) is 5.10 Å². The van der Waals surface area contributed by atoms with Crippen molar-refractivity contribution in [3.05, 3.63) is 17.2 Å². The molecule has 66 valence electrons. The van der Waals surface area contributed by atoms with Gasteiger partial charge in [-0.1, -0.05) is 0 Å². The number of rotatable bonds is 2. The van der Waals surface area contributed by atoms with Crippen LogP contribution < -0.4 is 5.32 Å². The molecule has 0 fully saturated rings. The highest BCUT2D eigenvalue weighted by molar-refractivity contribution is 5.06. The minimum Gasteiger partial charge on any atom is -0.311 e. The quantitative estimate of drug-likeness (QED) is 0.705. The van der Waals surface area contributed by atoms with Crippen LogP contribution in [0.15, 0.2) is 0 Å². The molecule has 0 bridgehead atoms. The lowest BCUT2D eigenvalue weighted by molar-refractivity contribution is 0.590. The lowest BCUT2D eigenvalue weighted by atomic mass is 10.3. The first kappa shape index (κ1) is 9.06. The van der Waals surface area contributed by atoms with Crippen molar-refractivity contribution in [2.45, 2.75) is 26.8 Å².